The first-order chi connectivity index (χ1) is 7.58. The highest BCUT2D eigenvalue weighted by Gasteiger charge is 2.07. The first kappa shape index (κ1) is 11.2. The van der Waals surface area contributed by atoms with E-state index in [1.54, 1.807) is 18.2 Å². The molecule has 1 N–H and O–H groups in total. The van der Waals surface area contributed by atoms with Crippen molar-refractivity contribution >= 4 is 23.2 Å². The molecule has 0 aliphatic rings. The van der Waals surface area contributed by atoms with Gasteiger partial charge in [-0.05, 0) is 35.9 Å². The lowest BCUT2D eigenvalue weighted by Gasteiger charge is -2.06. The van der Waals surface area contributed by atoms with Crippen molar-refractivity contribution in [3.05, 3.63) is 52.3 Å². The largest absolute Gasteiger partial charge is 0.506 e. The minimum atomic E-state index is -0.390. The van der Waals surface area contributed by atoms with Crippen LogP contribution in [0.1, 0.15) is 0 Å². The van der Waals surface area contributed by atoms with Gasteiger partial charge in [-0.3, -0.25) is 0 Å². The van der Waals surface area contributed by atoms with E-state index in [1.807, 2.05) is 0 Å². The molecule has 0 fully saturated rings. The van der Waals surface area contributed by atoms with Gasteiger partial charge in [-0.1, -0.05) is 29.3 Å². The molecule has 2 aromatic rings. The lowest BCUT2D eigenvalue weighted by atomic mass is 10.1. The van der Waals surface area contributed by atoms with Crippen LogP contribution in [0.3, 0.4) is 0 Å². The minimum absolute atomic E-state index is 0.00338. The number of hydrogen-bond donors (Lipinski definition) is 1. The summed E-state index contributed by atoms with van der Waals surface area (Å²) in [6, 6.07) is 8.84. The van der Waals surface area contributed by atoms with Crippen LogP contribution in [0.4, 0.5) is 4.39 Å². The predicted molar refractivity (Wildman–Crippen MR) is 63.5 cm³/mol. The molecule has 0 atom stereocenters. The summed E-state index contributed by atoms with van der Waals surface area (Å²) in [6.45, 7) is 0. The average molecular weight is 257 g/mol. The van der Waals surface area contributed by atoms with Gasteiger partial charge in [-0.25, -0.2) is 4.39 Å². The van der Waals surface area contributed by atoms with E-state index in [0.717, 1.165) is 5.56 Å². The van der Waals surface area contributed by atoms with Crippen LogP contribution in [-0.2, 0) is 0 Å². The van der Waals surface area contributed by atoms with Crippen LogP contribution in [0.25, 0.3) is 11.1 Å². The van der Waals surface area contributed by atoms with Crippen LogP contribution >= 0.6 is 23.2 Å². The molecule has 0 bridgehead atoms. The second-order valence-corrected chi connectivity index (χ2v) is 4.10. The Morgan fingerprint density at radius 3 is 2.31 bits per heavy atom. The van der Waals surface area contributed by atoms with Crippen LogP contribution in [0, 0.1) is 5.82 Å². The summed E-state index contributed by atoms with van der Waals surface area (Å²) in [5.41, 5.74) is 1.40. The van der Waals surface area contributed by atoms with Crippen molar-refractivity contribution in [3.63, 3.8) is 0 Å². The number of phenols is 1. The van der Waals surface area contributed by atoms with E-state index in [4.69, 9.17) is 23.2 Å². The molecule has 0 aliphatic carbocycles. The van der Waals surface area contributed by atoms with Crippen molar-refractivity contribution in [1.82, 2.24) is 0 Å². The average Bonchev–Trinajstić information content (AvgIpc) is 2.22. The molecule has 0 aliphatic heterocycles. The molecule has 0 spiro atoms. The van der Waals surface area contributed by atoms with Crippen molar-refractivity contribution in [2.45, 2.75) is 0 Å². The number of rotatable bonds is 1. The van der Waals surface area contributed by atoms with E-state index in [2.05, 4.69) is 0 Å². The van der Waals surface area contributed by atoms with Crippen molar-refractivity contribution in [2.75, 3.05) is 0 Å². The Labute approximate surface area is 102 Å². The predicted octanol–water partition coefficient (Wildman–Crippen LogP) is 4.51. The highest BCUT2D eigenvalue weighted by Crippen LogP contribution is 2.33. The zero-order chi connectivity index (χ0) is 11.7. The Kier molecular flexibility index (Phi) is 3.03. The molecule has 0 unspecified atom stereocenters. The lowest BCUT2D eigenvalue weighted by molar-refractivity contribution is 0.475. The number of phenolic OH excluding ortho intramolecular Hbond substituents is 1. The second kappa shape index (κ2) is 4.32. The fourth-order valence-electron chi connectivity index (χ4n) is 1.40. The van der Waals surface area contributed by atoms with Crippen LogP contribution in [0.5, 0.6) is 5.75 Å². The summed E-state index contributed by atoms with van der Waals surface area (Å²) in [4.78, 5) is 0. The van der Waals surface area contributed by atoms with Gasteiger partial charge >= 0.3 is 0 Å². The van der Waals surface area contributed by atoms with Gasteiger partial charge in [0.15, 0.2) is 0 Å². The van der Waals surface area contributed by atoms with E-state index in [-0.39, 0.29) is 10.8 Å². The fraction of sp³-hybridized carbons (Fsp3) is 0. The van der Waals surface area contributed by atoms with Crippen LogP contribution < -0.4 is 0 Å². The van der Waals surface area contributed by atoms with Crippen molar-refractivity contribution in [2.24, 2.45) is 0 Å². The zero-order valence-electron chi connectivity index (χ0n) is 8.05. The quantitative estimate of drug-likeness (QED) is 0.797. The van der Waals surface area contributed by atoms with Gasteiger partial charge in [-0.15, -0.1) is 0 Å². The van der Waals surface area contributed by atoms with E-state index in [0.29, 0.717) is 10.6 Å². The fourth-order valence-corrected chi connectivity index (χ4v) is 1.85. The number of aromatic hydroxyl groups is 1. The summed E-state index contributed by atoms with van der Waals surface area (Å²) in [6.07, 6.45) is 0. The number of hydrogen-bond acceptors (Lipinski definition) is 1. The lowest BCUT2D eigenvalue weighted by Crippen LogP contribution is -1.82. The smallest absolute Gasteiger partial charge is 0.134 e. The highest BCUT2D eigenvalue weighted by atomic mass is 35.5. The summed E-state index contributed by atoms with van der Waals surface area (Å²) < 4.78 is 12.9. The Balaban J connectivity index is 2.54. The molecule has 0 aromatic heterocycles. The molecule has 82 valence electrons. The summed E-state index contributed by atoms with van der Waals surface area (Å²) in [5, 5.41) is 9.82. The topological polar surface area (TPSA) is 20.2 Å². The third kappa shape index (κ3) is 2.13. The Hall–Kier alpha value is -1.25. The molecular formula is C12H7Cl2FO. The number of benzene rings is 2. The summed E-state index contributed by atoms with van der Waals surface area (Å²) in [7, 11) is 0. The van der Waals surface area contributed by atoms with Crippen molar-refractivity contribution < 1.29 is 9.50 Å². The first-order valence-corrected chi connectivity index (χ1v) is 5.27. The minimum Gasteiger partial charge on any atom is -0.506 e. The molecule has 0 amide bonds. The zero-order valence-corrected chi connectivity index (χ0v) is 9.56. The summed E-state index contributed by atoms with van der Waals surface area (Å²) >= 11 is 11.7. The Morgan fingerprint density at radius 2 is 1.69 bits per heavy atom. The molecule has 0 saturated heterocycles. The van der Waals surface area contributed by atoms with Gasteiger partial charge in [0, 0.05) is 5.56 Å². The standard InChI is InChI=1S/C12H7Cl2FO/c13-10-6-8(15)2-3-9(10)7-1-4-12(16)11(14)5-7/h1-6,16H. The molecule has 0 heterocycles. The van der Waals surface area contributed by atoms with Gasteiger partial charge in [0.1, 0.15) is 11.6 Å². The molecule has 16 heavy (non-hydrogen) atoms. The van der Waals surface area contributed by atoms with Crippen LogP contribution in [0.2, 0.25) is 10.0 Å². The maximum atomic E-state index is 12.9. The van der Waals surface area contributed by atoms with Crippen molar-refractivity contribution in [1.29, 1.82) is 0 Å². The Bertz CT molecular complexity index is 541. The third-order valence-corrected chi connectivity index (χ3v) is 2.81. The van der Waals surface area contributed by atoms with Gasteiger partial charge in [0.25, 0.3) is 0 Å². The van der Waals surface area contributed by atoms with Crippen LogP contribution in [0.15, 0.2) is 36.4 Å². The molecule has 0 radical (unpaired) electrons. The molecule has 1 nitrogen and oxygen atoms in total. The second-order valence-electron chi connectivity index (χ2n) is 3.29. The Morgan fingerprint density at radius 1 is 0.938 bits per heavy atom. The van der Waals surface area contributed by atoms with Gasteiger partial charge in [-0.2, -0.15) is 0 Å². The third-order valence-electron chi connectivity index (χ3n) is 2.19. The van der Waals surface area contributed by atoms with Gasteiger partial charge in [0.05, 0.1) is 10.0 Å². The van der Waals surface area contributed by atoms with Crippen molar-refractivity contribution in [3.8, 4) is 16.9 Å². The van der Waals surface area contributed by atoms with E-state index in [9.17, 15) is 9.50 Å². The normalized spacial score (nSPS) is 10.4. The van der Waals surface area contributed by atoms with Crippen LogP contribution in [-0.4, -0.2) is 5.11 Å². The van der Waals surface area contributed by atoms with Gasteiger partial charge < -0.3 is 5.11 Å². The molecular weight excluding hydrogens is 250 g/mol. The maximum absolute atomic E-state index is 12.9. The monoisotopic (exact) mass is 256 g/mol. The van der Waals surface area contributed by atoms with Gasteiger partial charge in [0.2, 0.25) is 0 Å². The van der Waals surface area contributed by atoms with E-state index < -0.39 is 5.82 Å². The molecule has 4 heteroatoms. The SMILES string of the molecule is Oc1ccc(-c2ccc(F)cc2Cl)cc1Cl. The summed E-state index contributed by atoms with van der Waals surface area (Å²) in [5.74, 6) is -0.387. The molecule has 2 rings (SSSR count). The maximum Gasteiger partial charge on any atom is 0.134 e. The molecule has 2 aromatic carbocycles. The molecule has 0 saturated carbocycles. The first-order valence-electron chi connectivity index (χ1n) is 4.52. The highest BCUT2D eigenvalue weighted by molar-refractivity contribution is 6.34. The number of halogens is 3. The van der Waals surface area contributed by atoms with E-state index >= 15 is 0 Å². The van der Waals surface area contributed by atoms with E-state index in [1.165, 1.54) is 18.2 Å².